The summed E-state index contributed by atoms with van der Waals surface area (Å²) in [6, 6.07) is 11.1. The molecule has 0 spiro atoms. The number of hydrogen-bond donors (Lipinski definition) is 0. The van der Waals surface area contributed by atoms with Gasteiger partial charge in [-0.2, -0.15) is 0 Å². The molecular formula is C16H14Cl4O. The van der Waals surface area contributed by atoms with Crippen molar-refractivity contribution in [3.8, 4) is 5.75 Å². The van der Waals surface area contributed by atoms with Crippen molar-refractivity contribution in [2.24, 2.45) is 0 Å². The molecular weight excluding hydrogens is 350 g/mol. The van der Waals surface area contributed by atoms with E-state index in [0.717, 1.165) is 11.1 Å². The van der Waals surface area contributed by atoms with Crippen LogP contribution < -0.4 is 4.74 Å². The van der Waals surface area contributed by atoms with Crippen molar-refractivity contribution in [1.82, 2.24) is 0 Å². The van der Waals surface area contributed by atoms with Gasteiger partial charge in [0.15, 0.2) is 0 Å². The van der Waals surface area contributed by atoms with E-state index >= 15 is 0 Å². The highest BCUT2D eigenvalue weighted by Crippen LogP contribution is 2.37. The summed E-state index contributed by atoms with van der Waals surface area (Å²) in [5.74, 6) is 0.569. The van der Waals surface area contributed by atoms with Crippen molar-refractivity contribution in [3.05, 3.63) is 62.6 Å². The Kier molecular flexibility index (Phi) is 6.07. The van der Waals surface area contributed by atoms with Gasteiger partial charge in [0.1, 0.15) is 5.75 Å². The molecule has 0 radical (unpaired) electrons. The summed E-state index contributed by atoms with van der Waals surface area (Å²) >= 11 is 24.9. The second kappa shape index (κ2) is 7.60. The summed E-state index contributed by atoms with van der Waals surface area (Å²) in [5, 5.41) is 1.45. The van der Waals surface area contributed by atoms with Crippen molar-refractivity contribution in [1.29, 1.82) is 0 Å². The van der Waals surface area contributed by atoms with Gasteiger partial charge in [0.25, 0.3) is 0 Å². The fraction of sp³-hybridized carbons (Fsp3) is 0.250. The Morgan fingerprint density at radius 2 is 1.81 bits per heavy atom. The lowest BCUT2D eigenvalue weighted by Crippen LogP contribution is -1.99. The second-order valence-electron chi connectivity index (χ2n) is 4.54. The maximum Gasteiger partial charge on any atom is 0.139 e. The van der Waals surface area contributed by atoms with Gasteiger partial charge in [0, 0.05) is 16.1 Å². The Labute approximate surface area is 144 Å². The van der Waals surface area contributed by atoms with E-state index < -0.39 is 0 Å². The van der Waals surface area contributed by atoms with Crippen LogP contribution in [0.1, 0.15) is 23.4 Å². The number of halogens is 4. The van der Waals surface area contributed by atoms with Gasteiger partial charge in [0.2, 0.25) is 0 Å². The van der Waals surface area contributed by atoms with Crippen LogP contribution in [0.25, 0.3) is 0 Å². The van der Waals surface area contributed by atoms with Crippen LogP contribution in [0.3, 0.4) is 0 Å². The fourth-order valence-electron chi connectivity index (χ4n) is 2.03. The SMILES string of the molecule is CCOc1cc(Cl)c(C(Cl)Cc2cccc(Cl)c2)cc1Cl. The van der Waals surface area contributed by atoms with E-state index in [9.17, 15) is 0 Å². The summed E-state index contributed by atoms with van der Waals surface area (Å²) < 4.78 is 5.41. The lowest BCUT2D eigenvalue weighted by Gasteiger charge is -2.15. The molecule has 1 atom stereocenters. The van der Waals surface area contributed by atoms with Crippen molar-refractivity contribution < 1.29 is 4.74 Å². The van der Waals surface area contributed by atoms with Crippen LogP contribution in [0.2, 0.25) is 15.1 Å². The number of benzene rings is 2. The molecule has 2 rings (SSSR count). The van der Waals surface area contributed by atoms with E-state index in [-0.39, 0.29) is 5.38 Å². The molecule has 2 aromatic rings. The van der Waals surface area contributed by atoms with Gasteiger partial charge in [-0.3, -0.25) is 0 Å². The minimum Gasteiger partial charge on any atom is -0.492 e. The van der Waals surface area contributed by atoms with Crippen LogP contribution >= 0.6 is 46.4 Å². The van der Waals surface area contributed by atoms with E-state index in [4.69, 9.17) is 51.1 Å². The molecule has 0 saturated carbocycles. The molecule has 0 fully saturated rings. The molecule has 5 heteroatoms. The molecule has 1 nitrogen and oxygen atoms in total. The summed E-state index contributed by atoms with van der Waals surface area (Å²) in [4.78, 5) is 0. The van der Waals surface area contributed by atoms with Crippen LogP contribution in [-0.4, -0.2) is 6.61 Å². The van der Waals surface area contributed by atoms with Crippen LogP contribution in [0.5, 0.6) is 5.75 Å². The first kappa shape index (κ1) is 16.8. The smallest absolute Gasteiger partial charge is 0.139 e. The highest BCUT2D eigenvalue weighted by atomic mass is 35.5. The van der Waals surface area contributed by atoms with Crippen molar-refractivity contribution in [3.63, 3.8) is 0 Å². The van der Waals surface area contributed by atoms with Crippen LogP contribution in [-0.2, 0) is 6.42 Å². The third kappa shape index (κ3) is 4.43. The Morgan fingerprint density at radius 1 is 1.05 bits per heavy atom. The Balaban J connectivity index is 2.23. The summed E-state index contributed by atoms with van der Waals surface area (Å²) in [5.41, 5.74) is 1.83. The zero-order valence-electron chi connectivity index (χ0n) is 11.4. The third-order valence-electron chi connectivity index (χ3n) is 2.99. The monoisotopic (exact) mass is 362 g/mol. The predicted octanol–water partition coefficient (Wildman–Crippen LogP) is 6.57. The molecule has 0 aromatic heterocycles. The summed E-state index contributed by atoms with van der Waals surface area (Å²) in [6.45, 7) is 2.42. The zero-order chi connectivity index (χ0) is 15.4. The maximum absolute atomic E-state index is 6.47. The average Bonchev–Trinajstić information content (AvgIpc) is 2.42. The minimum absolute atomic E-state index is 0.288. The highest BCUT2D eigenvalue weighted by molar-refractivity contribution is 6.35. The lowest BCUT2D eigenvalue weighted by atomic mass is 10.0. The predicted molar refractivity (Wildman–Crippen MR) is 91.4 cm³/mol. The van der Waals surface area contributed by atoms with Gasteiger partial charge >= 0.3 is 0 Å². The Morgan fingerprint density at radius 3 is 2.48 bits per heavy atom. The van der Waals surface area contributed by atoms with E-state index in [1.807, 2.05) is 31.2 Å². The standard InChI is InChI=1S/C16H14Cl4O/c1-2-21-16-9-14(19)12(8-15(16)20)13(18)7-10-4-3-5-11(17)6-10/h3-6,8-9,13H,2,7H2,1H3. The third-order valence-corrected chi connectivity index (χ3v) is 4.24. The first-order valence-electron chi connectivity index (χ1n) is 6.51. The number of ether oxygens (including phenoxy) is 1. The molecule has 0 amide bonds. The quantitative estimate of drug-likeness (QED) is 0.546. The van der Waals surface area contributed by atoms with E-state index in [2.05, 4.69) is 0 Å². The molecule has 0 aliphatic heterocycles. The Hall–Kier alpha value is -0.600. The summed E-state index contributed by atoms with van der Waals surface area (Å²) in [7, 11) is 0. The largest absolute Gasteiger partial charge is 0.492 e. The lowest BCUT2D eigenvalue weighted by molar-refractivity contribution is 0.340. The second-order valence-corrected chi connectivity index (χ2v) is 6.32. The van der Waals surface area contributed by atoms with Crippen LogP contribution in [0.15, 0.2) is 36.4 Å². The molecule has 21 heavy (non-hydrogen) atoms. The van der Waals surface area contributed by atoms with Gasteiger partial charge in [-0.05, 0) is 42.7 Å². The fourth-order valence-corrected chi connectivity index (χ4v) is 3.17. The molecule has 0 aliphatic rings. The summed E-state index contributed by atoms with van der Waals surface area (Å²) in [6.07, 6.45) is 0.617. The van der Waals surface area contributed by atoms with Crippen LogP contribution in [0, 0.1) is 0 Å². The van der Waals surface area contributed by atoms with Crippen molar-refractivity contribution >= 4 is 46.4 Å². The molecule has 0 heterocycles. The van der Waals surface area contributed by atoms with Gasteiger partial charge in [-0.25, -0.2) is 0 Å². The highest BCUT2D eigenvalue weighted by Gasteiger charge is 2.16. The maximum atomic E-state index is 6.47. The van der Waals surface area contributed by atoms with E-state index in [0.29, 0.717) is 33.8 Å². The Bertz CT molecular complexity index is 628. The average molecular weight is 364 g/mol. The topological polar surface area (TPSA) is 9.23 Å². The van der Waals surface area contributed by atoms with Gasteiger partial charge in [-0.15, -0.1) is 11.6 Å². The molecule has 0 aliphatic carbocycles. The van der Waals surface area contributed by atoms with E-state index in [1.165, 1.54) is 0 Å². The first-order chi connectivity index (χ1) is 10.0. The molecule has 0 saturated heterocycles. The molecule has 0 bridgehead atoms. The normalized spacial score (nSPS) is 12.2. The molecule has 112 valence electrons. The van der Waals surface area contributed by atoms with Gasteiger partial charge in [-0.1, -0.05) is 46.9 Å². The number of rotatable bonds is 5. The number of hydrogen-bond acceptors (Lipinski definition) is 1. The van der Waals surface area contributed by atoms with Gasteiger partial charge < -0.3 is 4.74 Å². The zero-order valence-corrected chi connectivity index (χ0v) is 14.4. The molecule has 0 N–H and O–H groups in total. The number of alkyl halides is 1. The van der Waals surface area contributed by atoms with Crippen molar-refractivity contribution in [2.45, 2.75) is 18.7 Å². The van der Waals surface area contributed by atoms with Crippen molar-refractivity contribution in [2.75, 3.05) is 6.61 Å². The molecule has 1 unspecified atom stereocenters. The molecule has 2 aromatic carbocycles. The van der Waals surface area contributed by atoms with Crippen LogP contribution in [0.4, 0.5) is 0 Å². The van der Waals surface area contributed by atoms with Gasteiger partial charge in [0.05, 0.1) is 17.0 Å². The first-order valence-corrected chi connectivity index (χ1v) is 8.08. The minimum atomic E-state index is -0.288. The van der Waals surface area contributed by atoms with E-state index in [1.54, 1.807) is 12.1 Å².